The Labute approximate surface area is 77.3 Å². The average molecular weight is 179 g/mol. The zero-order valence-corrected chi connectivity index (χ0v) is 7.75. The molecule has 0 bridgehead atoms. The summed E-state index contributed by atoms with van der Waals surface area (Å²) in [5.41, 5.74) is 1.89. The Morgan fingerprint density at radius 3 is 3.31 bits per heavy atom. The summed E-state index contributed by atoms with van der Waals surface area (Å²) in [5.74, 6) is -0.182. The fourth-order valence-electron chi connectivity index (χ4n) is 1.80. The maximum Gasteiger partial charge on any atom is 0.339 e. The van der Waals surface area contributed by atoms with E-state index in [9.17, 15) is 4.79 Å². The van der Waals surface area contributed by atoms with Gasteiger partial charge in [-0.05, 0) is 25.8 Å². The molecule has 0 radical (unpaired) electrons. The van der Waals surface area contributed by atoms with Crippen molar-refractivity contribution >= 4 is 5.97 Å². The first-order chi connectivity index (χ1) is 6.33. The fraction of sp³-hybridized carbons (Fsp3) is 0.500. The first kappa shape index (κ1) is 8.35. The third-order valence-corrected chi connectivity index (χ3v) is 2.39. The molecule has 0 aromatic carbocycles. The van der Waals surface area contributed by atoms with Crippen LogP contribution in [0.5, 0.6) is 0 Å². The molecule has 0 amide bonds. The van der Waals surface area contributed by atoms with E-state index in [1.165, 1.54) is 0 Å². The number of carbonyl (C=O) groups is 1. The smallest absolute Gasteiger partial charge is 0.339 e. The van der Waals surface area contributed by atoms with E-state index in [2.05, 4.69) is 4.57 Å². The molecular formula is C10H13NO2. The molecule has 1 aliphatic rings. The summed E-state index contributed by atoms with van der Waals surface area (Å²) >= 11 is 0. The molecule has 0 saturated heterocycles. The molecule has 70 valence electrons. The van der Waals surface area contributed by atoms with Gasteiger partial charge in [0.25, 0.3) is 0 Å². The summed E-state index contributed by atoms with van der Waals surface area (Å²) in [6.07, 6.45) is 4.11. The standard InChI is InChI=1S/C10H13NO2/c1-2-13-10(12)8-5-7-11-6-3-4-9(8)11/h5,7H,2-4,6H2,1H3. The predicted octanol–water partition coefficient (Wildman–Crippen LogP) is 1.61. The number of hydrogen-bond donors (Lipinski definition) is 0. The maximum absolute atomic E-state index is 11.4. The SMILES string of the molecule is CCOC(=O)c1ccn2c1CCC2. The number of aromatic nitrogens is 1. The number of nitrogens with zero attached hydrogens (tertiary/aromatic N) is 1. The van der Waals surface area contributed by atoms with E-state index in [1.807, 2.05) is 19.2 Å². The molecule has 1 aliphatic heterocycles. The fourth-order valence-corrected chi connectivity index (χ4v) is 1.80. The molecule has 2 rings (SSSR count). The van der Waals surface area contributed by atoms with E-state index in [0.717, 1.165) is 30.6 Å². The molecule has 3 nitrogen and oxygen atoms in total. The number of hydrogen-bond acceptors (Lipinski definition) is 2. The predicted molar refractivity (Wildman–Crippen MR) is 48.7 cm³/mol. The Balaban J connectivity index is 2.26. The number of aryl methyl sites for hydroxylation is 1. The van der Waals surface area contributed by atoms with Crippen LogP contribution >= 0.6 is 0 Å². The first-order valence-electron chi connectivity index (χ1n) is 4.68. The van der Waals surface area contributed by atoms with Crippen molar-refractivity contribution in [3.63, 3.8) is 0 Å². The lowest BCUT2D eigenvalue weighted by Gasteiger charge is -2.01. The summed E-state index contributed by atoms with van der Waals surface area (Å²) in [6, 6.07) is 1.85. The molecule has 0 saturated carbocycles. The van der Waals surface area contributed by atoms with Gasteiger partial charge in [0, 0.05) is 18.4 Å². The van der Waals surface area contributed by atoms with Gasteiger partial charge in [-0.25, -0.2) is 4.79 Å². The first-order valence-corrected chi connectivity index (χ1v) is 4.68. The Morgan fingerprint density at radius 1 is 1.69 bits per heavy atom. The third kappa shape index (κ3) is 1.34. The highest BCUT2D eigenvalue weighted by molar-refractivity contribution is 5.91. The highest BCUT2D eigenvalue weighted by Crippen LogP contribution is 2.20. The number of esters is 1. The van der Waals surface area contributed by atoms with Gasteiger partial charge in [-0.3, -0.25) is 0 Å². The van der Waals surface area contributed by atoms with Gasteiger partial charge in [0.1, 0.15) is 0 Å². The molecule has 1 aromatic rings. The van der Waals surface area contributed by atoms with Crippen LogP contribution < -0.4 is 0 Å². The number of rotatable bonds is 2. The monoisotopic (exact) mass is 179 g/mol. The van der Waals surface area contributed by atoms with Crippen molar-refractivity contribution in [2.45, 2.75) is 26.3 Å². The zero-order chi connectivity index (χ0) is 9.26. The van der Waals surface area contributed by atoms with Crippen LogP contribution in [0, 0.1) is 0 Å². The summed E-state index contributed by atoms with van der Waals surface area (Å²) in [6.45, 7) is 3.31. The zero-order valence-electron chi connectivity index (χ0n) is 7.75. The minimum absolute atomic E-state index is 0.182. The average Bonchev–Trinajstić information content (AvgIpc) is 2.62. The van der Waals surface area contributed by atoms with E-state index in [-0.39, 0.29) is 5.97 Å². The van der Waals surface area contributed by atoms with Gasteiger partial charge in [-0.15, -0.1) is 0 Å². The van der Waals surface area contributed by atoms with Crippen molar-refractivity contribution in [1.29, 1.82) is 0 Å². The van der Waals surface area contributed by atoms with Crippen molar-refractivity contribution in [3.05, 3.63) is 23.5 Å². The molecule has 0 atom stereocenters. The van der Waals surface area contributed by atoms with Crippen LogP contribution in [-0.2, 0) is 17.7 Å². The Kier molecular flexibility index (Phi) is 2.08. The van der Waals surface area contributed by atoms with Crippen LogP contribution in [0.15, 0.2) is 12.3 Å². The summed E-state index contributed by atoms with van der Waals surface area (Å²) in [5, 5.41) is 0. The second-order valence-electron chi connectivity index (χ2n) is 3.19. The number of carbonyl (C=O) groups excluding carboxylic acids is 1. The van der Waals surface area contributed by atoms with Crippen molar-refractivity contribution in [3.8, 4) is 0 Å². The molecular weight excluding hydrogens is 166 g/mol. The summed E-state index contributed by atoms with van der Waals surface area (Å²) in [7, 11) is 0. The van der Waals surface area contributed by atoms with Gasteiger partial charge in [-0.1, -0.05) is 0 Å². The van der Waals surface area contributed by atoms with Gasteiger partial charge in [-0.2, -0.15) is 0 Å². The normalized spacial score (nSPS) is 14.2. The molecule has 1 aromatic heterocycles. The van der Waals surface area contributed by atoms with Gasteiger partial charge in [0.2, 0.25) is 0 Å². The number of fused-ring (bicyclic) bond motifs is 1. The largest absolute Gasteiger partial charge is 0.462 e. The van der Waals surface area contributed by atoms with Crippen molar-refractivity contribution < 1.29 is 9.53 Å². The van der Waals surface area contributed by atoms with Gasteiger partial charge in [0.15, 0.2) is 0 Å². The summed E-state index contributed by atoms with van der Waals surface area (Å²) < 4.78 is 7.09. The third-order valence-electron chi connectivity index (χ3n) is 2.39. The summed E-state index contributed by atoms with van der Waals surface area (Å²) in [4.78, 5) is 11.4. The lowest BCUT2D eigenvalue weighted by Crippen LogP contribution is -2.06. The molecule has 0 N–H and O–H groups in total. The highest BCUT2D eigenvalue weighted by Gasteiger charge is 2.19. The molecule has 13 heavy (non-hydrogen) atoms. The maximum atomic E-state index is 11.4. The number of ether oxygens (including phenoxy) is 1. The van der Waals surface area contributed by atoms with Crippen LogP contribution in [0.2, 0.25) is 0 Å². The second kappa shape index (κ2) is 3.24. The van der Waals surface area contributed by atoms with E-state index in [4.69, 9.17) is 4.74 Å². The van der Waals surface area contributed by atoms with Gasteiger partial charge in [0.05, 0.1) is 12.2 Å². The van der Waals surface area contributed by atoms with E-state index >= 15 is 0 Å². The minimum Gasteiger partial charge on any atom is -0.462 e. The Hall–Kier alpha value is -1.25. The molecule has 0 unspecified atom stereocenters. The van der Waals surface area contributed by atoms with E-state index in [1.54, 1.807) is 0 Å². The van der Waals surface area contributed by atoms with E-state index < -0.39 is 0 Å². The Bertz CT molecular complexity index is 328. The molecule has 0 fully saturated rings. The van der Waals surface area contributed by atoms with Gasteiger partial charge >= 0.3 is 5.97 Å². The van der Waals surface area contributed by atoms with Crippen molar-refractivity contribution in [1.82, 2.24) is 4.57 Å². The van der Waals surface area contributed by atoms with Crippen LogP contribution in [0.25, 0.3) is 0 Å². The lowest BCUT2D eigenvalue weighted by molar-refractivity contribution is 0.0525. The Morgan fingerprint density at radius 2 is 2.54 bits per heavy atom. The molecule has 0 spiro atoms. The molecule has 0 aliphatic carbocycles. The van der Waals surface area contributed by atoms with Gasteiger partial charge < -0.3 is 9.30 Å². The minimum atomic E-state index is -0.182. The lowest BCUT2D eigenvalue weighted by atomic mass is 10.2. The van der Waals surface area contributed by atoms with Crippen LogP contribution in [0.4, 0.5) is 0 Å². The molecule has 2 heterocycles. The quantitative estimate of drug-likeness (QED) is 0.646. The van der Waals surface area contributed by atoms with Crippen LogP contribution in [0.3, 0.4) is 0 Å². The second-order valence-corrected chi connectivity index (χ2v) is 3.19. The topological polar surface area (TPSA) is 31.2 Å². The van der Waals surface area contributed by atoms with E-state index in [0.29, 0.717) is 6.61 Å². The highest BCUT2D eigenvalue weighted by atomic mass is 16.5. The van der Waals surface area contributed by atoms with Crippen molar-refractivity contribution in [2.75, 3.05) is 6.61 Å². The van der Waals surface area contributed by atoms with Crippen molar-refractivity contribution in [2.24, 2.45) is 0 Å². The van der Waals surface area contributed by atoms with Crippen LogP contribution in [0.1, 0.15) is 29.4 Å². The molecule has 3 heteroatoms. The van der Waals surface area contributed by atoms with Crippen LogP contribution in [-0.4, -0.2) is 17.1 Å².